The topological polar surface area (TPSA) is 67.5 Å². The second kappa shape index (κ2) is 5.29. The highest BCUT2D eigenvalue weighted by Gasteiger charge is 2.13. The van der Waals surface area contributed by atoms with Crippen LogP contribution in [0.4, 0.5) is 0 Å². The second-order valence-corrected chi connectivity index (χ2v) is 5.64. The lowest BCUT2D eigenvalue weighted by molar-refractivity contribution is 0.0656. The number of rotatable bonds is 5. The molecule has 0 spiro atoms. The van der Waals surface area contributed by atoms with Crippen LogP contribution in [0.1, 0.15) is 16.1 Å². The van der Waals surface area contributed by atoms with E-state index >= 15 is 0 Å². The van der Waals surface area contributed by atoms with E-state index in [1.807, 2.05) is 16.8 Å². The van der Waals surface area contributed by atoms with Crippen LogP contribution in [0, 0.1) is 0 Å². The molecule has 0 aromatic carbocycles. The molecule has 0 bridgehead atoms. The van der Waals surface area contributed by atoms with Crippen LogP contribution >= 0.6 is 11.3 Å². The standard InChI is InChI=1S/C11H10O4S2/c12-11(13)9-1-2-10(15-9)17(14)6-4-8-3-5-16-7-8/h1-3,5,7H,4,6H2,(H,12,13). The molecule has 0 aliphatic carbocycles. The largest absolute Gasteiger partial charge is 0.475 e. The maximum absolute atomic E-state index is 11.8. The Balaban J connectivity index is 1.97. The third-order valence-corrected chi connectivity index (χ3v) is 4.15. The van der Waals surface area contributed by atoms with Gasteiger partial charge in [-0.3, -0.25) is 4.21 Å². The van der Waals surface area contributed by atoms with Crippen molar-refractivity contribution in [3.63, 3.8) is 0 Å². The Hall–Kier alpha value is -1.40. The van der Waals surface area contributed by atoms with Gasteiger partial charge in [-0.1, -0.05) is 0 Å². The lowest BCUT2D eigenvalue weighted by Crippen LogP contribution is -2.00. The molecule has 90 valence electrons. The molecule has 0 aliphatic rings. The van der Waals surface area contributed by atoms with Gasteiger partial charge in [0.2, 0.25) is 5.76 Å². The predicted molar refractivity (Wildman–Crippen MR) is 65.0 cm³/mol. The average Bonchev–Trinajstić information content (AvgIpc) is 2.96. The number of hydrogen-bond acceptors (Lipinski definition) is 4. The third kappa shape index (κ3) is 3.04. The van der Waals surface area contributed by atoms with Crippen LogP contribution < -0.4 is 0 Å². The summed E-state index contributed by atoms with van der Waals surface area (Å²) < 4.78 is 16.8. The van der Waals surface area contributed by atoms with Gasteiger partial charge in [-0.05, 0) is 40.9 Å². The van der Waals surface area contributed by atoms with Crippen LogP contribution in [0.3, 0.4) is 0 Å². The van der Waals surface area contributed by atoms with E-state index in [1.54, 1.807) is 11.3 Å². The Morgan fingerprint density at radius 3 is 2.82 bits per heavy atom. The molecular weight excluding hydrogens is 260 g/mol. The minimum atomic E-state index is -1.29. The smallest absolute Gasteiger partial charge is 0.371 e. The van der Waals surface area contributed by atoms with E-state index in [2.05, 4.69) is 0 Å². The van der Waals surface area contributed by atoms with E-state index in [9.17, 15) is 9.00 Å². The first-order chi connectivity index (χ1) is 8.16. The van der Waals surface area contributed by atoms with Crippen molar-refractivity contribution < 1.29 is 18.5 Å². The zero-order valence-electron chi connectivity index (χ0n) is 8.79. The van der Waals surface area contributed by atoms with E-state index in [4.69, 9.17) is 9.52 Å². The molecule has 1 atom stereocenters. The summed E-state index contributed by atoms with van der Waals surface area (Å²) in [6.07, 6.45) is 0.694. The molecular formula is C11H10O4S2. The van der Waals surface area contributed by atoms with E-state index in [0.29, 0.717) is 12.2 Å². The van der Waals surface area contributed by atoms with Gasteiger partial charge in [0, 0.05) is 5.75 Å². The lowest BCUT2D eigenvalue weighted by atomic mass is 10.3. The first-order valence-electron chi connectivity index (χ1n) is 4.89. The molecule has 2 heterocycles. The van der Waals surface area contributed by atoms with Crippen molar-refractivity contribution >= 4 is 28.1 Å². The first-order valence-corrected chi connectivity index (χ1v) is 7.15. The zero-order chi connectivity index (χ0) is 12.3. The van der Waals surface area contributed by atoms with Gasteiger partial charge in [0.25, 0.3) is 0 Å². The molecule has 17 heavy (non-hydrogen) atoms. The molecule has 0 fully saturated rings. The summed E-state index contributed by atoms with van der Waals surface area (Å²) in [6, 6.07) is 4.75. The number of furan rings is 1. The molecule has 0 aliphatic heterocycles. The highest BCUT2D eigenvalue weighted by Crippen LogP contribution is 2.14. The molecule has 1 N–H and O–H groups in total. The van der Waals surface area contributed by atoms with Crippen molar-refractivity contribution in [2.45, 2.75) is 11.5 Å². The predicted octanol–water partition coefficient (Wildman–Crippen LogP) is 2.39. The number of carboxylic acid groups (broad SMARTS) is 1. The molecule has 2 aromatic rings. The molecule has 0 saturated carbocycles. The summed E-state index contributed by atoms with van der Waals surface area (Å²) in [5.74, 6) is -0.890. The summed E-state index contributed by atoms with van der Waals surface area (Å²) >= 11 is 1.59. The van der Waals surface area contributed by atoms with Crippen LogP contribution in [0.15, 0.2) is 38.5 Å². The molecule has 2 aromatic heterocycles. The monoisotopic (exact) mass is 270 g/mol. The molecule has 4 nitrogen and oxygen atoms in total. The molecule has 6 heteroatoms. The summed E-state index contributed by atoms with van der Waals surface area (Å²) in [7, 11) is -1.29. The number of aromatic carboxylic acids is 1. The Bertz CT molecular complexity index is 527. The summed E-state index contributed by atoms with van der Waals surface area (Å²) in [4.78, 5) is 10.6. The highest BCUT2D eigenvalue weighted by atomic mass is 32.2. The average molecular weight is 270 g/mol. The maximum Gasteiger partial charge on any atom is 0.371 e. The van der Waals surface area contributed by atoms with Crippen molar-refractivity contribution in [3.8, 4) is 0 Å². The highest BCUT2D eigenvalue weighted by molar-refractivity contribution is 7.84. The number of carbonyl (C=O) groups is 1. The fourth-order valence-electron chi connectivity index (χ4n) is 1.30. The van der Waals surface area contributed by atoms with Crippen molar-refractivity contribution in [1.29, 1.82) is 0 Å². The number of aryl methyl sites for hydroxylation is 1. The fraction of sp³-hybridized carbons (Fsp3) is 0.182. The number of carboxylic acids is 1. The van der Waals surface area contributed by atoms with Crippen LogP contribution in [0.25, 0.3) is 0 Å². The van der Waals surface area contributed by atoms with Crippen molar-refractivity contribution in [1.82, 2.24) is 0 Å². The molecule has 1 unspecified atom stereocenters. The van der Waals surface area contributed by atoms with Crippen LogP contribution in [-0.2, 0) is 17.2 Å². The summed E-state index contributed by atoms with van der Waals surface area (Å²) in [5, 5.41) is 12.9. The van der Waals surface area contributed by atoms with Gasteiger partial charge in [0.05, 0.1) is 10.8 Å². The van der Waals surface area contributed by atoms with Gasteiger partial charge in [-0.25, -0.2) is 4.79 Å². The zero-order valence-corrected chi connectivity index (χ0v) is 10.4. The minimum absolute atomic E-state index is 0.177. The van der Waals surface area contributed by atoms with Gasteiger partial charge in [-0.2, -0.15) is 11.3 Å². The van der Waals surface area contributed by atoms with Crippen molar-refractivity contribution in [2.24, 2.45) is 0 Å². The van der Waals surface area contributed by atoms with Crippen LogP contribution in [-0.4, -0.2) is 21.0 Å². The van der Waals surface area contributed by atoms with E-state index in [0.717, 1.165) is 5.56 Å². The molecule has 0 saturated heterocycles. The van der Waals surface area contributed by atoms with E-state index < -0.39 is 16.8 Å². The van der Waals surface area contributed by atoms with Gasteiger partial charge in [-0.15, -0.1) is 0 Å². The molecule has 0 amide bonds. The molecule has 0 radical (unpaired) electrons. The lowest BCUT2D eigenvalue weighted by Gasteiger charge is -1.97. The SMILES string of the molecule is O=C(O)c1ccc(S(=O)CCc2ccsc2)o1. The molecule has 2 rings (SSSR count). The Labute approximate surface area is 104 Å². The fourth-order valence-corrected chi connectivity index (χ4v) is 3.03. The van der Waals surface area contributed by atoms with Gasteiger partial charge in [0.15, 0.2) is 5.09 Å². The van der Waals surface area contributed by atoms with Crippen molar-refractivity contribution in [3.05, 3.63) is 40.3 Å². The first kappa shape index (κ1) is 12.1. The van der Waals surface area contributed by atoms with E-state index in [1.165, 1.54) is 12.1 Å². The third-order valence-electron chi connectivity index (χ3n) is 2.17. The Morgan fingerprint density at radius 1 is 1.41 bits per heavy atom. The van der Waals surface area contributed by atoms with Crippen LogP contribution in [0.5, 0.6) is 0 Å². The van der Waals surface area contributed by atoms with Crippen LogP contribution in [0.2, 0.25) is 0 Å². The quantitative estimate of drug-likeness (QED) is 0.905. The summed E-state index contributed by atoms with van der Waals surface area (Å²) in [5.41, 5.74) is 1.13. The maximum atomic E-state index is 11.8. The van der Waals surface area contributed by atoms with Gasteiger partial charge in [0.1, 0.15) is 0 Å². The Morgan fingerprint density at radius 2 is 2.24 bits per heavy atom. The van der Waals surface area contributed by atoms with Gasteiger partial charge >= 0.3 is 5.97 Å². The minimum Gasteiger partial charge on any atom is -0.475 e. The van der Waals surface area contributed by atoms with Gasteiger partial charge < -0.3 is 9.52 Å². The number of thiophene rings is 1. The van der Waals surface area contributed by atoms with Crippen molar-refractivity contribution in [2.75, 3.05) is 5.75 Å². The van der Waals surface area contributed by atoms with E-state index in [-0.39, 0.29) is 10.9 Å². The summed E-state index contributed by atoms with van der Waals surface area (Å²) in [6.45, 7) is 0. The second-order valence-electron chi connectivity index (χ2n) is 3.36. The Kier molecular flexibility index (Phi) is 3.75. The normalized spacial score (nSPS) is 12.5. The number of hydrogen-bond donors (Lipinski definition) is 1.